The molecule has 1 aromatic rings. The van der Waals surface area contributed by atoms with Crippen LogP contribution < -0.4 is 10.1 Å². The van der Waals surface area contributed by atoms with E-state index in [2.05, 4.69) is 11.9 Å². The van der Waals surface area contributed by atoms with E-state index in [1.165, 1.54) is 19.1 Å². The number of nitro benzene ring substituents is 1. The van der Waals surface area contributed by atoms with Gasteiger partial charge in [0, 0.05) is 11.6 Å². The molecule has 0 saturated heterocycles. The molecular weight excluding hydrogens is 248 g/mol. The molecule has 0 aromatic heterocycles. The normalized spacial score (nSPS) is 16.8. The Balaban J connectivity index is 2.47. The lowest BCUT2D eigenvalue weighted by Gasteiger charge is -2.26. The fraction of sp³-hybridized carbons (Fsp3) is 0.308. The van der Waals surface area contributed by atoms with Gasteiger partial charge in [-0.1, -0.05) is 6.08 Å². The van der Waals surface area contributed by atoms with Crippen molar-refractivity contribution in [1.82, 2.24) is 0 Å². The Morgan fingerprint density at radius 1 is 1.68 bits per heavy atom. The molecule has 100 valence electrons. The van der Waals surface area contributed by atoms with Crippen LogP contribution in [-0.2, 0) is 0 Å². The Kier molecular flexibility index (Phi) is 3.50. The van der Waals surface area contributed by atoms with E-state index in [1.807, 2.05) is 0 Å². The number of nitrogens with one attached hydrogen (secondary N) is 1. The van der Waals surface area contributed by atoms with Gasteiger partial charge in [-0.15, -0.1) is 6.58 Å². The van der Waals surface area contributed by atoms with Gasteiger partial charge in [0.2, 0.25) is 0 Å². The minimum atomic E-state index is -0.516. The maximum atomic E-state index is 11.4. The highest BCUT2D eigenvalue weighted by atomic mass is 16.6. The van der Waals surface area contributed by atoms with E-state index in [0.29, 0.717) is 24.5 Å². The summed E-state index contributed by atoms with van der Waals surface area (Å²) >= 11 is 0. The number of fused-ring (bicyclic) bond motifs is 1. The molecule has 1 atom stereocenters. The average Bonchev–Trinajstić information content (AvgIpc) is 2.37. The standard InChI is InChI=1S/C13H14N2O4/c1-3-4-10-7-19-12-6-9(8(2)16)5-11(15(17)18)13(12)14-10/h3,5-6,10,14H,1,4,7H2,2H3/t10-/m0/s1. The maximum absolute atomic E-state index is 11.4. The molecular formula is C13H14N2O4. The van der Waals surface area contributed by atoms with E-state index in [4.69, 9.17) is 4.74 Å². The van der Waals surface area contributed by atoms with Gasteiger partial charge in [0.25, 0.3) is 5.69 Å². The number of anilines is 1. The third kappa shape index (κ3) is 2.57. The number of hydrogen-bond donors (Lipinski definition) is 1. The lowest BCUT2D eigenvalue weighted by atomic mass is 10.1. The van der Waals surface area contributed by atoms with Gasteiger partial charge in [-0.25, -0.2) is 0 Å². The van der Waals surface area contributed by atoms with Crippen molar-refractivity contribution in [2.24, 2.45) is 0 Å². The van der Waals surface area contributed by atoms with Gasteiger partial charge in [-0.2, -0.15) is 0 Å². The SMILES string of the molecule is C=CC[C@H]1COc2cc(C(C)=O)cc([N+](=O)[O-])c2N1. The number of rotatable bonds is 4. The van der Waals surface area contributed by atoms with Crippen molar-refractivity contribution in [2.75, 3.05) is 11.9 Å². The topological polar surface area (TPSA) is 81.5 Å². The largest absolute Gasteiger partial charge is 0.489 e. The summed E-state index contributed by atoms with van der Waals surface area (Å²) in [6, 6.07) is 2.75. The van der Waals surface area contributed by atoms with Crippen molar-refractivity contribution in [3.63, 3.8) is 0 Å². The first-order valence-corrected chi connectivity index (χ1v) is 5.86. The number of ketones is 1. The highest BCUT2D eigenvalue weighted by molar-refractivity contribution is 5.96. The van der Waals surface area contributed by atoms with E-state index in [1.54, 1.807) is 6.08 Å². The van der Waals surface area contributed by atoms with Gasteiger partial charge in [-0.05, 0) is 19.4 Å². The second kappa shape index (κ2) is 5.09. The zero-order valence-corrected chi connectivity index (χ0v) is 10.5. The van der Waals surface area contributed by atoms with E-state index in [9.17, 15) is 14.9 Å². The summed E-state index contributed by atoms with van der Waals surface area (Å²) in [5, 5.41) is 14.2. The number of Topliss-reactive ketones (excluding diaryl/α,β-unsaturated/α-hetero) is 1. The number of benzene rings is 1. The molecule has 0 unspecified atom stereocenters. The van der Waals surface area contributed by atoms with E-state index >= 15 is 0 Å². The second-order valence-electron chi connectivity index (χ2n) is 4.36. The van der Waals surface area contributed by atoms with Gasteiger partial charge >= 0.3 is 0 Å². The zero-order valence-electron chi connectivity index (χ0n) is 10.5. The summed E-state index contributed by atoms with van der Waals surface area (Å²) in [5.74, 6) is 0.113. The van der Waals surface area contributed by atoms with Crippen LogP contribution in [0.3, 0.4) is 0 Å². The number of ether oxygens (including phenoxy) is 1. The molecule has 6 heteroatoms. The number of carbonyl (C=O) groups is 1. The Hall–Kier alpha value is -2.37. The quantitative estimate of drug-likeness (QED) is 0.390. The van der Waals surface area contributed by atoms with Gasteiger partial charge in [0.1, 0.15) is 12.4 Å². The monoisotopic (exact) mass is 262 g/mol. The Bertz CT molecular complexity index is 554. The van der Waals surface area contributed by atoms with E-state index in [0.717, 1.165) is 0 Å². The molecule has 1 N–H and O–H groups in total. The molecule has 1 heterocycles. The van der Waals surface area contributed by atoms with Gasteiger partial charge in [0.05, 0.1) is 11.0 Å². The van der Waals surface area contributed by atoms with Crippen LogP contribution in [0.4, 0.5) is 11.4 Å². The Morgan fingerprint density at radius 2 is 2.42 bits per heavy atom. The van der Waals surface area contributed by atoms with Gasteiger partial charge in [-0.3, -0.25) is 14.9 Å². The first-order valence-electron chi connectivity index (χ1n) is 5.86. The molecule has 1 aliphatic rings. The molecule has 0 spiro atoms. The van der Waals surface area contributed by atoms with Crippen LogP contribution in [0.15, 0.2) is 24.8 Å². The van der Waals surface area contributed by atoms with Crippen LogP contribution in [-0.4, -0.2) is 23.4 Å². The molecule has 6 nitrogen and oxygen atoms in total. The van der Waals surface area contributed by atoms with Crippen molar-refractivity contribution < 1.29 is 14.5 Å². The van der Waals surface area contributed by atoms with Crippen molar-refractivity contribution in [3.8, 4) is 5.75 Å². The lowest BCUT2D eigenvalue weighted by Crippen LogP contribution is -2.31. The summed E-state index contributed by atoms with van der Waals surface area (Å²) in [4.78, 5) is 21.9. The summed E-state index contributed by atoms with van der Waals surface area (Å²) in [5.41, 5.74) is 0.457. The smallest absolute Gasteiger partial charge is 0.296 e. The van der Waals surface area contributed by atoms with Crippen LogP contribution in [0.2, 0.25) is 0 Å². The van der Waals surface area contributed by atoms with Crippen LogP contribution >= 0.6 is 0 Å². The summed E-state index contributed by atoms with van der Waals surface area (Å²) in [6.07, 6.45) is 2.37. The number of hydrogen-bond acceptors (Lipinski definition) is 5. The lowest BCUT2D eigenvalue weighted by molar-refractivity contribution is -0.384. The summed E-state index contributed by atoms with van der Waals surface area (Å²) in [7, 11) is 0. The first-order chi connectivity index (χ1) is 9.02. The Morgan fingerprint density at radius 3 is 3.00 bits per heavy atom. The minimum absolute atomic E-state index is 0.0492. The highest BCUT2D eigenvalue weighted by Crippen LogP contribution is 2.39. The first kappa shape index (κ1) is 13.1. The third-order valence-corrected chi connectivity index (χ3v) is 2.92. The second-order valence-corrected chi connectivity index (χ2v) is 4.36. The highest BCUT2D eigenvalue weighted by Gasteiger charge is 2.27. The fourth-order valence-corrected chi connectivity index (χ4v) is 1.97. The van der Waals surface area contributed by atoms with Crippen LogP contribution in [0.1, 0.15) is 23.7 Å². The van der Waals surface area contributed by atoms with E-state index in [-0.39, 0.29) is 23.1 Å². The van der Waals surface area contributed by atoms with Gasteiger partial charge in [0.15, 0.2) is 11.5 Å². The molecule has 2 rings (SSSR count). The van der Waals surface area contributed by atoms with Crippen molar-refractivity contribution in [1.29, 1.82) is 0 Å². The van der Waals surface area contributed by atoms with Crippen molar-refractivity contribution >= 4 is 17.2 Å². The van der Waals surface area contributed by atoms with Crippen molar-refractivity contribution in [2.45, 2.75) is 19.4 Å². The molecule has 0 aliphatic carbocycles. The molecule has 1 aliphatic heterocycles. The van der Waals surface area contributed by atoms with Crippen LogP contribution in [0.25, 0.3) is 0 Å². The molecule has 0 fully saturated rings. The molecule has 0 saturated carbocycles. The fourth-order valence-electron chi connectivity index (χ4n) is 1.97. The van der Waals surface area contributed by atoms with Crippen molar-refractivity contribution in [3.05, 3.63) is 40.5 Å². The molecule has 1 aromatic carbocycles. The summed E-state index contributed by atoms with van der Waals surface area (Å²) in [6.45, 7) is 5.38. The predicted molar refractivity (Wildman–Crippen MR) is 70.8 cm³/mol. The average molecular weight is 262 g/mol. The number of nitrogens with zero attached hydrogens (tertiary/aromatic N) is 1. The number of nitro groups is 1. The molecule has 0 radical (unpaired) electrons. The molecule has 0 bridgehead atoms. The molecule has 0 amide bonds. The summed E-state index contributed by atoms with van der Waals surface area (Å²) < 4.78 is 5.50. The predicted octanol–water partition coefficient (Wildman–Crippen LogP) is 2.55. The Labute approximate surface area is 110 Å². The van der Waals surface area contributed by atoms with E-state index < -0.39 is 4.92 Å². The number of carbonyl (C=O) groups excluding carboxylic acids is 1. The van der Waals surface area contributed by atoms with Crippen LogP contribution in [0.5, 0.6) is 5.75 Å². The van der Waals surface area contributed by atoms with Gasteiger partial charge < -0.3 is 10.1 Å². The minimum Gasteiger partial charge on any atom is -0.489 e. The maximum Gasteiger partial charge on any atom is 0.296 e. The third-order valence-electron chi connectivity index (χ3n) is 2.92. The van der Waals surface area contributed by atoms with Crippen LogP contribution in [0, 0.1) is 10.1 Å². The zero-order chi connectivity index (χ0) is 14.0. The molecule has 19 heavy (non-hydrogen) atoms.